The SMILES string of the molecule is CCNC(=O)CNC(=O)COC(=O)c1ccc(Cl)c(N2CCCC2=O)c1. The molecule has 1 aliphatic heterocycles. The second-order valence-corrected chi connectivity index (χ2v) is 6.03. The quantitative estimate of drug-likeness (QED) is 0.682. The molecule has 2 rings (SSSR count). The number of amides is 3. The maximum Gasteiger partial charge on any atom is 0.338 e. The number of benzene rings is 1. The summed E-state index contributed by atoms with van der Waals surface area (Å²) in [5, 5.41) is 5.23. The zero-order chi connectivity index (χ0) is 19.1. The van der Waals surface area contributed by atoms with Crippen LogP contribution < -0.4 is 15.5 Å². The molecular weight excluding hydrogens is 362 g/mol. The van der Waals surface area contributed by atoms with Gasteiger partial charge in [0.1, 0.15) is 0 Å². The molecule has 1 saturated heterocycles. The number of carbonyl (C=O) groups excluding carboxylic acids is 4. The van der Waals surface area contributed by atoms with Gasteiger partial charge in [-0.3, -0.25) is 14.4 Å². The first-order valence-electron chi connectivity index (χ1n) is 8.22. The molecule has 0 aromatic heterocycles. The van der Waals surface area contributed by atoms with Crippen molar-refractivity contribution in [2.24, 2.45) is 0 Å². The molecule has 0 unspecified atom stereocenters. The van der Waals surface area contributed by atoms with Crippen LogP contribution in [-0.4, -0.2) is 49.9 Å². The molecule has 1 fully saturated rings. The van der Waals surface area contributed by atoms with Gasteiger partial charge < -0.3 is 20.3 Å². The first-order chi connectivity index (χ1) is 12.4. The highest BCUT2D eigenvalue weighted by Crippen LogP contribution is 2.30. The number of hydrogen-bond donors (Lipinski definition) is 2. The summed E-state index contributed by atoms with van der Waals surface area (Å²) in [6.07, 6.45) is 1.17. The van der Waals surface area contributed by atoms with Crippen molar-refractivity contribution in [2.45, 2.75) is 19.8 Å². The number of carbonyl (C=O) groups is 4. The van der Waals surface area contributed by atoms with Gasteiger partial charge in [-0.25, -0.2) is 4.79 Å². The smallest absolute Gasteiger partial charge is 0.338 e. The van der Waals surface area contributed by atoms with Crippen molar-refractivity contribution >= 4 is 41.0 Å². The van der Waals surface area contributed by atoms with Crippen molar-refractivity contribution in [3.05, 3.63) is 28.8 Å². The van der Waals surface area contributed by atoms with Crippen LogP contribution in [0.2, 0.25) is 5.02 Å². The van der Waals surface area contributed by atoms with E-state index in [1.54, 1.807) is 6.92 Å². The number of esters is 1. The van der Waals surface area contributed by atoms with E-state index < -0.39 is 18.5 Å². The number of rotatable bonds is 7. The Morgan fingerprint density at radius 3 is 2.65 bits per heavy atom. The predicted molar refractivity (Wildman–Crippen MR) is 95.0 cm³/mol. The van der Waals surface area contributed by atoms with Gasteiger partial charge in [0.05, 0.1) is 22.8 Å². The molecule has 1 aromatic carbocycles. The number of anilines is 1. The third-order valence-corrected chi connectivity index (χ3v) is 4.02. The van der Waals surface area contributed by atoms with Gasteiger partial charge in [0.15, 0.2) is 6.61 Å². The Labute approximate surface area is 155 Å². The Bertz CT molecular complexity index is 722. The van der Waals surface area contributed by atoms with E-state index in [9.17, 15) is 19.2 Å². The predicted octanol–water partition coefficient (Wildman–Crippen LogP) is 0.876. The molecule has 1 aromatic rings. The molecule has 1 heterocycles. The van der Waals surface area contributed by atoms with E-state index >= 15 is 0 Å². The van der Waals surface area contributed by atoms with Gasteiger partial charge in [-0.2, -0.15) is 0 Å². The van der Waals surface area contributed by atoms with Crippen LogP contribution in [0, 0.1) is 0 Å². The molecule has 140 valence electrons. The Morgan fingerprint density at radius 2 is 2.00 bits per heavy atom. The summed E-state index contributed by atoms with van der Waals surface area (Å²) in [4.78, 5) is 48.4. The Balaban J connectivity index is 1.92. The molecular formula is C17H20ClN3O5. The van der Waals surface area contributed by atoms with E-state index in [-0.39, 0.29) is 23.9 Å². The topological polar surface area (TPSA) is 105 Å². The summed E-state index contributed by atoms with van der Waals surface area (Å²) in [6, 6.07) is 4.44. The van der Waals surface area contributed by atoms with Gasteiger partial charge in [-0.15, -0.1) is 0 Å². The molecule has 0 saturated carbocycles. The summed E-state index contributed by atoms with van der Waals surface area (Å²) in [6.45, 7) is 2.06. The molecule has 9 heteroatoms. The third kappa shape index (κ3) is 5.19. The minimum Gasteiger partial charge on any atom is -0.452 e. The Kier molecular flexibility index (Phi) is 6.97. The van der Waals surface area contributed by atoms with E-state index in [0.717, 1.165) is 6.42 Å². The van der Waals surface area contributed by atoms with Crippen LogP contribution >= 0.6 is 11.6 Å². The lowest BCUT2D eigenvalue weighted by molar-refractivity contribution is -0.127. The number of hydrogen-bond acceptors (Lipinski definition) is 5. The van der Waals surface area contributed by atoms with Crippen LogP contribution in [-0.2, 0) is 19.1 Å². The van der Waals surface area contributed by atoms with Crippen LogP contribution in [0.25, 0.3) is 0 Å². The summed E-state index contributed by atoms with van der Waals surface area (Å²) in [5.41, 5.74) is 0.630. The van der Waals surface area contributed by atoms with Crippen LogP contribution in [0.3, 0.4) is 0 Å². The van der Waals surface area contributed by atoms with Gasteiger partial charge in [0, 0.05) is 19.5 Å². The van der Waals surface area contributed by atoms with Crippen LogP contribution in [0.4, 0.5) is 5.69 Å². The van der Waals surface area contributed by atoms with Gasteiger partial charge in [-0.1, -0.05) is 11.6 Å². The van der Waals surface area contributed by atoms with Gasteiger partial charge in [-0.05, 0) is 31.5 Å². The molecule has 1 aliphatic rings. The monoisotopic (exact) mass is 381 g/mol. The highest BCUT2D eigenvalue weighted by Gasteiger charge is 2.24. The molecule has 0 bridgehead atoms. The lowest BCUT2D eigenvalue weighted by Gasteiger charge is -2.18. The number of ether oxygens (including phenoxy) is 1. The Morgan fingerprint density at radius 1 is 1.23 bits per heavy atom. The lowest BCUT2D eigenvalue weighted by atomic mass is 10.2. The minimum atomic E-state index is -0.720. The first-order valence-corrected chi connectivity index (χ1v) is 8.60. The Hall–Kier alpha value is -2.61. The van der Waals surface area contributed by atoms with E-state index in [0.29, 0.717) is 30.2 Å². The molecule has 0 radical (unpaired) electrons. The summed E-state index contributed by atoms with van der Waals surface area (Å²) in [7, 11) is 0. The standard InChI is InChI=1S/C17H20ClN3O5/c1-2-19-14(22)9-20-15(23)10-26-17(25)11-5-6-12(18)13(8-11)21-7-3-4-16(21)24/h5-6,8H,2-4,7,9-10H2,1H3,(H,19,22)(H,20,23). The fourth-order valence-corrected chi connectivity index (χ4v) is 2.67. The lowest BCUT2D eigenvalue weighted by Crippen LogP contribution is -2.38. The van der Waals surface area contributed by atoms with Gasteiger partial charge in [0.2, 0.25) is 11.8 Å². The summed E-state index contributed by atoms with van der Waals surface area (Å²) in [5.74, 6) is -1.69. The average molecular weight is 382 g/mol. The van der Waals surface area contributed by atoms with E-state index in [1.807, 2.05) is 0 Å². The average Bonchev–Trinajstić information content (AvgIpc) is 3.04. The summed E-state index contributed by atoms with van der Waals surface area (Å²) < 4.78 is 4.94. The maximum absolute atomic E-state index is 12.1. The zero-order valence-electron chi connectivity index (χ0n) is 14.3. The summed E-state index contributed by atoms with van der Waals surface area (Å²) >= 11 is 6.12. The van der Waals surface area contributed by atoms with Gasteiger partial charge in [0.25, 0.3) is 5.91 Å². The highest BCUT2D eigenvalue weighted by atomic mass is 35.5. The second-order valence-electron chi connectivity index (χ2n) is 5.62. The fraction of sp³-hybridized carbons (Fsp3) is 0.412. The van der Waals surface area contributed by atoms with E-state index in [2.05, 4.69) is 10.6 Å². The minimum absolute atomic E-state index is 0.0536. The number of nitrogens with zero attached hydrogens (tertiary/aromatic N) is 1. The molecule has 8 nitrogen and oxygen atoms in total. The molecule has 0 aliphatic carbocycles. The van der Waals surface area contributed by atoms with Crippen molar-refractivity contribution < 1.29 is 23.9 Å². The maximum atomic E-state index is 12.1. The van der Waals surface area contributed by atoms with Crippen LogP contribution in [0.15, 0.2) is 18.2 Å². The number of nitrogens with one attached hydrogen (secondary N) is 2. The molecule has 26 heavy (non-hydrogen) atoms. The second kappa shape index (κ2) is 9.19. The highest BCUT2D eigenvalue weighted by molar-refractivity contribution is 6.34. The number of halogens is 1. The van der Waals surface area contributed by atoms with E-state index in [4.69, 9.17) is 16.3 Å². The van der Waals surface area contributed by atoms with Crippen molar-refractivity contribution in [1.29, 1.82) is 0 Å². The largest absolute Gasteiger partial charge is 0.452 e. The first kappa shape index (κ1) is 19.7. The van der Waals surface area contributed by atoms with Crippen molar-refractivity contribution in [3.63, 3.8) is 0 Å². The molecule has 2 N–H and O–H groups in total. The van der Waals surface area contributed by atoms with Crippen LogP contribution in [0.5, 0.6) is 0 Å². The fourth-order valence-electron chi connectivity index (χ4n) is 2.45. The van der Waals surface area contributed by atoms with Crippen LogP contribution in [0.1, 0.15) is 30.1 Å². The normalized spacial score (nSPS) is 13.5. The third-order valence-electron chi connectivity index (χ3n) is 3.70. The van der Waals surface area contributed by atoms with Crippen molar-refractivity contribution in [3.8, 4) is 0 Å². The molecule has 3 amide bonds. The molecule has 0 spiro atoms. The van der Waals surface area contributed by atoms with E-state index in [1.165, 1.54) is 23.1 Å². The number of likely N-dealkylation sites (N-methyl/N-ethyl adjacent to an activating group) is 1. The zero-order valence-corrected chi connectivity index (χ0v) is 15.1. The van der Waals surface area contributed by atoms with Gasteiger partial charge >= 0.3 is 5.97 Å². The molecule has 0 atom stereocenters. The van der Waals surface area contributed by atoms with Crippen molar-refractivity contribution in [1.82, 2.24) is 10.6 Å². The van der Waals surface area contributed by atoms with Crippen molar-refractivity contribution in [2.75, 3.05) is 31.1 Å².